The molecule has 2 aromatic carbocycles. The van der Waals surface area contributed by atoms with Crippen molar-refractivity contribution in [3.8, 4) is 11.5 Å². The summed E-state index contributed by atoms with van der Waals surface area (Å²) in [7, 11) is 2.61. The summed E-state index contributed by atoms with van der Waals surface area (Å²) in [6.45, 7) is -1.92. The van der Waals surface area contributed by atoms with Gasteiger partial charge in [0.2, 0.25) is 5.91 Å². The molecule has 194 valence electrons. The second-order valence-electron chi connectivity index (χ2n) is 7.58. The van der Waals surface area contributed by atoms with Gasteiger partial charge in [0.05, 0.1) is 31.9 Å². The molecule has 0 radical (unpaired) electrons. The fourth-order valence-corrected chi connectivity index (χ4v) is 3.78. The van der Waals surface area contributed by atoms with Crippen LogP contribution in [0.4, 0.5) is 36.8 Å². The topological polar surface area (TPSA) is 96.4 Å². The van der Waals surface area contributed by atoms with Crippen LogP contribution in [0.15, 0.2) is 36.4 Å². The highest BCUT2D eigenvalue weighted by atomic mass is 19.4. The maximum Gasteiger partial charge on any atom is 0.417 e. The number of carboxylic acid groups (broad SMARTS) is 1. The van der Waals surface area contributed by atoms with Gasteiger partial charge in [-0.25, -0.2) is 4.79 Å². The summed E-state index contributed by atoms with van der Waals surface area (Å²) in [4.78, 5) is 38.7. The Morgan fingerprint density at radius 1 is 1.00 bits per heavy atom. The summed E-state index contributed by atoms with van der Waals surface area (Å²) >= 11 is 0. The van der Waals surface area contributed by atoms with Gasteiger partial charge in [0, 0.05) is 18.3 Å². The highest BCUT2D eigenvalue weighted by Gasteiger charge is 2.47. The van der Waals surface area contributed by atoms with Crippen LogP contribution in [0.5, 0.6) is 11.5 Å². The molecule has 1 atom stereocenters. The van der Waals surface area contributed by atoms with E-state index in [0.717, 1.165) is 4.90 Å². The SMILES string of the molecule is COc1ccc(N2CC(C(=O)O)C(=O)N(Cc3cccc(C(F)(F)F)c3C(F)(F)F)C2=O)cc1OC. The molecule has 1 saturated heterocycles. The van der Waals surface area contributed by atoms with Gasteiger partial charge in [0.25, 0.3) is 0 Å². The summed E-state index contributed by atoms with van der Waals surface area (Å²) in [5.41, 5.74) is -5.09. The number of ether oxygens (including phenoxy) is 2. The van der Waals surface area contributed by atoms with E-state index >= 15 is 0 Å². The van der Waals surface area contributed by atoms with Crippen LogP contribution in [0.2, 0.25) is 0 Å². The summed E-state index contributed by atoms with van der Waals surface area (Å²) < 4.78 is 91.2. The number of imide groups is 1. The van der Waals surface area contributed by atoms with Crippen LogP contribution < -0.4 is 14.4 Å². The first-order valence-corrected chi connectivity index (χ1v) is 10.0. The lowest BCUT2D eigenvalue weighted by molar-refractivity contribution is -0.162. The van der Waals surface area contributed by atoms with Crippen molar-refractivity contribution in [3.63, 3.8) is 0 Å². The third kappa shape index (κ3) is 5.02. The summed E-state index contributed by atoms with van der Waals surface area (Å²) in [5, 5.41) is 9.50. The molecule has 8 nitrogen and oxygen atoms in total. The van der Waals surface area contributed by atoms with Crippen LogP contribution >= 0.6 is 0 Å². The third-order valence-corrected chi connectivity index (χ3v) is 5.44. The minimum Gasteiger partial charge on any atom is -0.493 e. The molecule has 36 heavy (non-hydrogen) atoms. The van der Waals surface area contributed by atoms with Gasteiger partial charge < -0.3 is 14.6 Å². The highest BCUT2D eigenvalue weighted by Crippen LogP contribution is 2.43. The van der Waals surface area contributed by atoms with E-state index in [1.54, 1.807) is 0 Å². The molecule has 3 amide bonds. The van der Waals surface area contributed by atoms with E-state index < -0.39 is 66.0 Å². The minimum atomic E-state index is -5.49. The van der Waals surface area contributed by atoms with Crippen molar-refractivity contribution in [2.24, 2.45) is 5.92 Å². The van der Waals surface area contributed by atoms with Crippen molar-refractivity contribution in [1.29, 1.82) is 0 Å². The Kier molecular flexibility index (Phi) is 7.09. The highest BCUT2D eigenvalue weighted by molar-refractivity contribution is 6.12. The molecule has 0 aromatic heterocycles. The number of carboxylic acids is 1. The van der Waals surface area contributed by atoms with Crippen LogP contribution in [0.25, 0.3) is 0 Å². The van der Waals surface area contributed by atoms with Gasteiger partial charge in [-0.05, 0) is 23.8 Å². The number of anilines is 1. The quantitative estimate of drug-likeness (QED) is 0.448. The number of rotatable bonds is 6. The van der Waals surface area contributed by atoms with Gasteiger partial charge in [0.1, 0.15) is 0 Å². The number of amides is 3. The van der Waals surface area contributed by atoms with Crippen molar-refractivity contribution in [2.75, 3.05) is 25.7 Å². The molecule has 1 heterocycles. The Bertz CT molecular complexity index is 1200. The number of nitrogens with zero attached hydrogens (tertiary/aromatic N) is 2. The number of benzene rings is 2. The van der Waals surface area contributed by atoms with Crippen LogP contribution in [-0.2, 0) is 28.5 Å². The maximum absolute atomic E-state index is 13.7. The second kappa shape index (κ2) is 9.59. The number of alkyl halides is 6. The zero-order valence-corrected chi connectivity index (χ0v) is 18.6. The molecule has 1 fully saturated rings. The zero-order chi connectivity index (χ0) is 27.0. The average molecular weight is 520 g/mol. The first-order chi connectivity index (χ1) is 16.7. The molecule has 1 aliphatic rings. The molecule has 1 aliphatic heterocycles. The molecule has 0 aliphatic carbocycles. The second-order valence-corrected chi connectivity index (χ2v) is 7.58. The fraction of sp³-hybridized carbons (Fsp3) is 0.318. The van der Waals surface area contributed by atoms with E-state index in [-0.39, 0.29) is 28.2 Å². The molecular formula is C22H18F6N2O6. The van der Waals surface area contributed by atoms with Crippen LogP contribution in [0, 0.1) is 5.92 Å². The summed E-state index contributed by atoms with van der Waals surface area (Å²) in [6.07, 6.45) is -10.9. The average Bonchev–Trinajstić information content (AvgIpc) is 2.79. The predicted octanol–water partition coefficient (Wildman–Crippen LogP) is 4.41. The number of hydrogen-bond acceptors (Lipinski definition) is 5. The smallest absolute Gasteiger partial charge is 0.417 e. The monoisotopic (exact) mass is 520 g/mol. The lowest BCUT2D eigenvalue weighted by atomic mass is 9.98. The summed E-state index contributed by atoms with van der Waals surface area (Å²) in [6, 6.07) is 4.34. The Labute approximate surface area is 199 Å². The number of urea groups is 1. The maximum atomic E-state index is 13.7. The van der Waals surface area contributed by atoms with Crippen molar-refractivity contribution in [1.82, 2.24) is 4.90 Å². The Morgan fingerprint density at radius 3 is 2.17 bits per heavy atom. The Morgan fingerprint density at radius 2 is 1.64 bits per heavy atom. The van der Waals surface area contributed by atoms with Gasteiger partial charge in [-0.1, -0.05) is 12.1 Å². The van der Waals surface area contributed by atoms with E-state index in [2.05, 4.69) is 0 Å². The Hall–Kier alpha value is -3.97. The molecule has 1 N–H and O–H groups in total. The van der Waals surface area contributed by atoms with Crippen molar-refractivity contribution in [2.45, 2.75) is 18.9 Å². The van der Waals surface area contributed by atoms with Gasteiger partial charge in [0.15, 0.2) is 17.4 Å². The van der Waals surface area contributed by atoms with Gasteiger partial charge in [-0.2, -0.15) is 26.3 Å². The van der Waals surface area contributed by atoms with Crippen LogP contribution in [0.3, 0.4) is 0 Å². The van der Waals surface area contributed by atoms with Crippen LogP contribution in [-0.4, -0.2) is 48.7 Å². The molecule has 0 saturated carbocycles. The van der Waals surface area contributed by atoms with Crippen molar-refractivity contribution < 1.29 is 55.3 Å². The van der Waals surface area contributed by atoms with E-state index in [1.807, 2.05) is 0 Å². The number of carbonyl (C=O) groups is 3. The predicted molar refractivity (Wildman–Crippen MR) is 110 cm³/mol. The number of halogens is 6. The van der Waals surface area contributed by atoms with Gasteiger partial charge in [-0.3, -0.25) is 19.4 Å². The first-order valence-electron chi connectivity index (χ1n) is 10.0. The van der Waals surface area contributed by atoms with Gasteiger partial charge in [-0.15, -0.1) is 0 Å². The molecule has 0 spiro atoms. The normalized spacial score (nSPS) is 16.8. The van der Waals surface area contributed by atoms with E-state index in [9.17, 15) is 45.8 Å². The molecule has 2 aromatic rings. The number of carbonyl (C=O) groups excluding carboxylic acids is 2. The summed E-state index contributed by atoms with van der Waals surface area (Å²) in [5.74, 6) is -4.57. The van der Waals surface area contributed by atoms with E-state index in [1.165, 1.54) is 32.4 Å². The number of hydrogen-bond donors (Lipinski definition) is 1. The molecule has 14 heteroatoms. The molecule has 3 rings (SSSR count). The van der Waals surface area contributed by atoms with Crippen molar-refractivity contribution >= 4 is 23.6 Å². The van der Waals surface area contributed by atoms with Crippen molar-refractivity contribution in [3.05, 3.63) is 53.1 Å². The Balaban J connectivity index is 2.11. The number of methoxy groups -OCH3 is 2. The van der Waals surface area contributed by atoms with E-state index in [0.29, 0.717) is 12.1 Å². The largest absolute Gasteiger partial charge is 0.493 e. The standard InChI is InChI=1S/C22H18F6N2O6/c1-35-15-7-6-12(8-16(15)36-2)29-10-13(19(32)33)18(31)30(20(29)34)9-11-4-3-5-14(21(23,24)25)17(11)22(26,27)28/h3-8,13H,9-10H2,1-2H3,(H,32,33). The lowest BCUT2D eigenvalue weighted by Gasteiger charge is -2.37. The fourth-order valence-electron chi connectivity index (χ4n) is 3.78. The third-order valence-electron chi connectivity index (χ3n) is 5.44. The number of aliphatic carboxylic acids is 1. The van der Waals surface area contributed by atoms with Gasteiger partial charge >= 0.3 is 24.4 Å². The minimum absolute atomic E-state index is 0.0153. The molecule has 0 bridgehead atoms. The zero-order valence-electron chi connectivity index (χ0n) is 18.6. The molecule has 1 unspecified atom stereocenters. The first kappa shape index (κ1) is 26.6. The lowest BCUT2D eigenvalue weighted by Crippen LogP contribution is -2.58. The molecular weight excluding hydrogens is 502 g/mol. The van der Waals surface area contributed by atoms with E-state index in [4.69, 9.17) is 9.47 Å². The van der Waals surface area contributed by atoms with Crippen LogP contribution in [0.1, 0.15) is 16.7 Å².